The van der Waals surface area contributed by atoms with Gasteiger partial charge in [0.1, 0.15) is 5.75 Å². The molecule has 1 unspecified atom stereocenters. The van der Waals surface area contributed by atoms with Crippen molar-refractivity contribution in [2.45, 2.75) is 30.2 Å². The van der Waals surface area contributed by atoms with E-state index in [0.29, 0.717) is 11.7 Å². The largest absolute Gasteiger partial charge is 0.496 e. The number of nitrogens with zero attached hydrogens (tertiary/aromatic N) is 1. The van der Waals surface area contributed by atoms with Gasteiger partial charge in [0.25, 0.3) is 10.0 Å². The smallest absolute Gasteiger partial charge is 0.261 e. The number of methoxy groups -OCH3 is 1. The quantitative estimate of drug-likeness (QED) is 0.689. The maximum Gasteiger partial charge on any atom is 0.261 e. The first kappa shape index (κ1) is 19.7. The maximum absolute atomic E-state index is 13.1. The van der Waals surface area contributed by atoms with Crippen LogP contribution in [0.4, 0.5) is 5.69 Å². The van der Waals surface area contributed by atoms with E-state index >= 15 is 0 Å². The van der Waals surface area contributed by atoms with Crippen LogP contribution < -0.4 is 9.46 Å². The first-order chi connectivity index (χ1) is 13.9. The van der Waals surface area contributed by atoms with Crippen LogP contribution in [0.3, 0.4) is 0 Å². The molecule has 4 rings (SSSR count). The van der Waals surface area contributed by atoms with Gasteiger partial charge >= 0.3 is 0 Å². The van der Waals surface area contributed by atoms with Crippen molar-refractivity contribution in [2.24, 2.45) is 0 Å². The number of anilines is 1. The van der Waals surface area contributed by atoms with Gasteiger partial charge in [-0.15, -0.1) is 0 Å². The van der Waals surface area contributed by atoms with Gasteiger partial charge in [0.2, 0.25) is 0 Å². The molecule has 0 saturated carbocycles. The topological polar surface area (TPSA) is 58.6 Å². The van der Waals surface area contributed by atoms with E-state index in [2.05, 4.69) is 23.7 Å². The summed E-state index contributed by atoms with van der Waals surface area (Å²) in [6.07, 6.45) is 2.64. The monoisotopic (exact) mass is 410 g/mol. The number of sulfonamides is 1. The average molecular weight is 411 g/mol. The third-order valence-corrected chi connectivity index (χ3v) is 7.14. The Hall–Kier alpha value is -2.57. The molecule has 0 heterocycles. The summed E-state index contributed by atoms with van der Waals surface area (Å²) in [4.78, 5) is 2.48. The predicted molar refractivity (Wildman–Crippen MR) is 117 cm³/mol. The Labute approximate surface area is 172 Å². The molecule has 1 aliphatic carbocycles. The molecule has 0 spiro atoms. The lowest BCUT2D eigenvalue weighted by atomic mass is 9.86. The fourth-order valence-electron chi connectivity index (χ4n) is 4.10. The zero-order valence-electron chi connectivity index (χ0n) is 17.0. The van der Waals surface area contributed by atoms with Crippen LogP contribution in [0.25, 0.3) is 10.8 Å². The van der Waals surface area contributed by atoms with Crippen LogP contribution in [0.2, 0.25) is 0 Å². The van der Waals surface area contributed by atoms with Gasteiger partial charge in [-0.05, 0) is 74.0 Å². The van der Waals surface area contributed by atoms with Crippen molar-refractivity contribution in [2.75, 3.05) is 25.9 Å². The number of nitrogens with one attached hydrogen (secondary N) is 1. The van der Waals surface area contributed by atoms with Gasteiger partial charge in [0, 0.05) is 11.6 Å². The Bertz CT molecular complexity index is 1160. The number of fused-ring (bicyclic) bond motifs is 2. The lowest BCUT2D eigenvalue weighted by molar-refractivity contribution is 0.265. The average Bonchev–Trinajstić information content (AvgIpc) is 2.73. The molecule has 3 aromatic rings. The molecule has 5 nitrogen and oxygen atoms in total. The number of hydrogen-bond acceptors (Lipinski definition) is 4. The van der Waals surface area contributed by atoms with E-state index in [1.807, 2.05) is 42.5 Å². The lowest BCUT2D eigenvalue weighted by Gasteiger charge is -2.32. The first-order valence-electron chi connectivity index (χ1n) is 9.76. The van der Waals surface area contributed by atoms with Crippen LogP contribution in [0.5, 0.6) is 5.75 Å². The van der Waals surface area contributed by atoms with E-state index in [1.165, 1.54) is 0 Å². The van der Waals surface area contributed by atoms with Crippen LogP contribution in [0.1, 0.15) is 17.5 Å². The summed E-state index contributed by atoms with van der Waals surface area (Å²) < 4.78 is 34.6. The fourth-order valence-corrected chi connectivity index (χ4v) is 5.22. The predicted octanol–water partition coefficient (Wildman–Crippen LogP) is 4.07. The summed E-state index contributed by atoms with van der Waals surface area (Å²) >= 11 is 0. The van der Waals surface area contributed by atoms with Crippen molar-refractivity contribution in [3.05, 3.63) is 65.7 Å². The number of benzene rings is 3. The molecule has 0 fully saturated rings. The highest BCUT2D eigenvalue weighted by molar-refractivity contribution is 7.92. The minimum Gasteiger partial charge on any atom is -0.496 e. The van der Waals surface area contributed by atoms with Gasteiger partial charge in [-0.1, -0.05) is 30.3 Å². The van der Waals surface area contributed by atoms with Gasteiger partial charge in [-0.25, -0.2) is 8.42 Å². The summed E-state index contributed by atoms with van der Waals surface area (Å²) in [6, 6.07) is 17.1. The molecule has 3 aromatic carbocycles. The van der Waals surface area contributed by atoms with E-state index in [4.69, 9.17) is 4.74 Å². The van der Waals surface area contributed by atoms with Gasteiger partial charge in [-0.3, -0.25) is 4.72 Å². The molecule has 0 bridgehead atoms. The van der Waals surface area contributed by atoms with Crippen molar-refractivity contribution in [3.8, 4) is 5.75 Å². The molecular formula is C23H26N2O3S. The van der Waals surface area contributed by atoms with Crippen LogP contribution >= 0.6 is 0 Å². The second kappa shape index (κ2) is 7.69. The molecule has 1 N–H and O–H groups in total. The number of likely N-dealkylation sites (N-methyl/N-ethyl adjacent to an activating group) is 1. The molecular weight excluding hydrogens is 384 g/mol. The summed E-state index contributed by atoms with van der Waals surface area (Å²) in [6.45, 7) is 0. The Morgan fingerprint density at radius 3 is 2.48 bits per heavy atom. The maximum atomic E-state index is 13.1. The first-order valence-corrected chi connectivity index (χ1v) is 11.2. The van der Waals surface area contributed by atoms with Gasteiger partial charge in [0.15, 0.2) is 0 Å². The Morgan fingerprint density at radius 1 is 1.00 bits per heavy atom. The summed E-state index contributed by atoms with van der Waals surface area (Å²) in [5.41, 5.74) is 2.77. The summed E-state index contributed by atoms with van der Waals surface area (Å²) in [5, 5.41) is 1.92. The zero-order chi connectivity index (χ0) is 20.6. The summed E-state index contributed by atoms with van der Waals surface area (Å²) in [5.74, 6) is 0.820. The van der Waals surface area contributed by atoms with Crippen molar-refractivity contribution in [3.63, 3.8) is 0 Å². The number of rotatable bonds is 5. The van der Waals surface area contributed by atoms with Crippen LogP contribution in [0, 0.1) is 0 Å². The molecule has 1 atom stereocenters. The normalized spacial score (nSPS) is 16.6. The molecule has 0 saturated heterocycles. The molecule has 29 heavy (non-hydrogen) atoms. The molecule has 0 aromatic heterocycles. The highest BCUT2D eigenvalue weighted by Crippen LogP contribution is 2.36. The third-order valence-electron chi connectivity index (χ3n) is 5.78. The van der Waals surface area contributed by atoms with Crippen LogP contribution in [-0.4, -0.2) is 40.6 Å². The van der Waals surface area contributed by atoms with E-state index in [1.54, 1.807) is 19.2 Å². The fraction of sp³-hybridized carbons (Fsp3) is 0.304. The molecule has 152 valence electrons. The number of ether oxygens (including phenoxy) is 1. The lowest BCUT2D eigenvalue weighted by Crippen LogP contribution is -2.34. The van der Waals surface area contributed by atoms with Crippen LogP contribution in [0.15, 0.2) is 59.5 Å². The molecule has 0 aliphatic heterocycles. The zero-order valence-corrected chi connectivity index (χ0v) is 17.8. The highest BCUT2D eigenvalue weighted by Gasteiger charge is 2.27. The van der Waals surface area contributed by atoms with Crippen molar-refractivity contribution in [1.82, 2.24) is 4.90 Å². The van der Waals surface area contributed by atoms with E-state index in [0.717, 1.165) is 46.9 Å². The Balaban J connectivity index is 1.71. The van der Waals surface area contributed by atoms with E-state index in [-0.39, 0.29) is 4.90 Å². The van der Waals surface area contributed by atoms with E-state index in [9.17, 15) is 8.42 Å². The van der Waals surface area contributed by atoms with Crippen molar-refractivity contribution in [1.29, 1.82) is 0 Å². The minimum absolute atomic E-state index is 0.266. The third kappa shape index (κ3) is 3.82. The van der Waals surface area contributed by atoms with E-state index < -0.39 is 10.0 Å². The second-order valence-electron chi connectivity index (χ2n) is 7.75. The minimum atomic E-state index is -3.69. The van der Waals surface area contributed by atoms with Crippen molar-refractivity contribution >= 4 is 26.5 Å². The molecule has 0 amide bonds. The summed E-state index contributed by atoms with van der Waals surface area (Å²) in [7, 11) is 2.13. The number of hydrogen-bond donors (Lipinski definition) is 1. The molecule has 1 aliphatic rings. The standard InChI is InChI=1S/C23H26N2O3S/c1-25(2)18-9-11-20-21(15-18)23(28-3)13-12-22(20)24-29(26,27)19-10-8-16-6-4-5-7-17(16)14-19/h4-8,10,12-14,18,24H,9,11,15H2,1-3H3. The Kier molecular flexibility index (Phi) is 5.23. The SMILES string of the molecule is COc1ccc(NS(=O)(=O)c2ccc3ccccc3c2)c2c1CC(N(C)C)CC2. The van der Waals surface area contributed by atoms with Gasteiger partial charge in [0.05, 0.1) is 17.7 Å². The van der Waals surface area contributed by atoms with Crippen molar-refractivity contribution < 1.29 is 13.2 Å². The van der Waals surface area contributed by atoms with Gasteiger partial charge < -0.3 is 9.64 Å². The van der Waals surface area contributed by atoms with Crippen LogP contribution in [-0.2, 0) is 22.9 Å². The molecule has 6 heteroatoms. The molecule has 0 radical (unpaired) electrons. The second-order valence-corrected chi connectivity index (χ2v) is 9.43. The highest BCUT2D eigenvalue weighted by atomic mass is 32.2. The Morgan fingerprint density at radius 2 is 1.76 bits per heavy atom. The van der Waals surface area contributed by atoms with Gasteiger partial charge in [-0.2, -0.15) is 0 Å².